The predicted octanol–water partition coefficient (Wildman–Crippen LogP) is 2.92. The molecule has 0 aromatic heterocycles. The van der Waals surface area contributed by atoms with Gasteiger partial charge in [-0.2, -0.15) is 0 Å². The first-order valence-electron chi connectivity index (χ1n) is 4.94. The number of carbonyl (C=O) groups is 1. The number of halogens is 1. The highest BCUT2D eigenvalue weighted by Crippen LogP contribution is 2.40. The molecule has 0 aromatic rings. The van der Waals surface area contributed by atoms with Crippen LogP contribution in [0, 0.1) is 11.8 Å². The normalized spacial score (nSPS) is 42.4. The second-order valence-corrected chi connectivity index (χ2v) is 5.28. The molecule has 0 spiro atoms. The molecule has 2 heteroatoms. The minimum absolute atomic E-state index is 0.178. The molecule has 2 rings (SSSR count). The largest absolute Gasteiger partial charge is 0.298 e. The number of fused-ring (bicyclic) bond motifs is 1. The van der Waals surface area contributed by atoms with Crippen LogP contribution in [0.25, 0.3) is 0 Å². The topological polar surface area (TPSA) is 17.1 Å². The maximum Gasteiger partial charge on any atom is 0.146 e. The highest BCUT2D eigenvalue weighted by atomic mass is 79.9. The van der Waals surface area contributed by atoms with Gasteiger partial charge in [-0.3, -0.25) is 4.79 Å². The molecule has 0 aromatic carbocycles. The van der Waals surface area contributed by atoms with Gasteiger partial charge in [0, 0.05) is 6.42 Å². The number of hydrogen-bond donors (Lipinski definition) is 0. The summed E-state index contributed by atoms with van der Waals surface area (Å²) in [7, 11) is 0. The Balaban J connectivity index is 2.02. The smallest absolute Gasteiger partial charge is 0.146 e. The third-order valence-electron chi connectivity index (χ3n) is 3.39. The molecule has 2 fully saturated rings. The predicted molar refractivity (Wildman–Crippen MR) is 52.4 cm³/mol. The van der Waals surface area contributed by atoms with Crippen LogP contribution < -0.4 is 0 Å². The van der Waals surface area contributed by atoms with E-state index in [-0.39, 0.29) is 4.83 Å². The van der Waals surface area contributed by atoms with E-state index in [4.69, 9.17) is 0 Å². The molecule has 12 heavy (non-hydrogen) atoms. The Labute approximate surface area is 82.0 Å². The molecule has 0 N–H and O–H groups in total. The van der Waals surface area contributed by atoms with Gasteiger partial charge in [-0.25, -0.2) is 0 Å². The number of carbonyl (C=O) groups excluding carboxylic acids is 1. The minimum atomic E-state index is 0.178. The van der Waals surface area contributed by atoms with E-state index >= 15 is 0 Å². The van der Waals surface area contributed by atoms with Crippen LogP contribution in [0.3, 0.4) is 0 Å². The Morgan fingerprint density at radius 3 is 2.58 bits per heavy atom. The molecule has 0 heterocycles. The van der Waals surface area contributed by atoms with Crippen LogP contribution in [0.2, 0.25) is 0 Å². The molecule has 3 atom stereocenters. The Morgan fingerprint density at radius 2 is 1.83 bits per heavy atom. The lowest BCUT2D eigenvalue weighted by atomic mass is 9.70. The van der Waals surface area contributed by atoms with Crippen molar-refractivity contribution in [3.63, 3.8) is 0 Å². The molecule has 0 amide bonds. The van der Waals surface area contributed by atoms with Gasteiger partial charge < -0.3 is 0 Å². The van der Waals surface area contributed by atoms with E-state index in [1.54, 1.807) is 0 Å². The Kier molecular flexibility index (Phi) is 2.54. The van der Waals surface area contributed by atoms with Crippen molar-refractivity contribution in [3.8, 4) is 0 Å². The Morgan fingerprint density at radius 1 is 1.17 bits per heavy atom. The average Bonchev–Trinajstić information content (AvgIpc) is 2.07. The monoisotopic (exact) mass is 230 g/mol. The molecule has 0 unspecified atom stereocenters. The zero-order chi connectivity index (χ0) is 8.55. The number of ketones is 1. The van der Waals surface area contributed by atoms with Crippen LogP contribution in [0.1, 0.15) is 38.5 Å². The van der Waals surface area contributed by atoms with Crippen molar-refractivity contribution in [2.24, 2.45) is 11.8 Å². The molecule has 0 saturated heterocycles. The van der Waals surface area contributed by atoms with E-state index in [0.717, 1.165) is 24.7 Å². The van der Waals surface area contributed by atoms with Gasteiger partial charge in [0.05, 0.1) is 4.83 Å². The molecular formula is C10H15BrO. The molecule has 2 aliphatic carbocycles. The quantitative estimate of drug-likeness (QED) is 0.586. The lowest BCUT2D eigenvalue weighted by molar-refractivity contribution is -0.122. The van der Waals surface area contributed by atoms with Crippen molar-refractivity contribution in [2.45, 2.75) is 43.4 Å². The van der Waals surface area contributed by atoms with Crippen molar-refractivity contribution in [1.29, 1.82) is 0 Å². The fourth-order valence-electron chi connectivity index (χ4n) is 2.65. The number of alkyl halides is 1. The highest BCUT2D eigenvalue weighted by molar-refractivity contribution is 9.10. The van der Waals surface area contributed by atoms with E-state index in [2.05, 4.69) is 15.9 Å². The SMILES string of the molecule is O=C1C[C@H]2CCCC[C@@H]2C[C@@H]1Br. The second-order valence-electron chi connectivity index (χ2n) is 4.18. The second kappa shape index (κ2) is 3.49. The maximum atomic E-state index is 11.4. The summed E-state index contributed by atoms with van der Waals surface area (Å²) in [6.07, 6.45) is 7.34. The minimum Gasteiger partial charge on any atom is -0.298 e. The van der Waals surface area contributed by atoms with Gasteiger partial charge in [-0.1, -0.05) is 35.2 Å². The van der Waals surface area contributed by atoms with Crippen LogP contribution in [0.5, 0.6) is 0 Å². The molecule has 1 nitrogen and oxygen atoms in total. The van der Waals surface area contributed by atoms with E-state index in [1.165, 1.54) is 25.7 Å². The average molecular weight is 231 g/mol. The maximum absolute atomic E-state index is 11.4. The van der Waals surface area contributed by atoms with E-state index in [0.29, 0.717) is 5.78 Å². The molecule has 0 bridgehead atoms. The third kappa shape index (κ3) is 1.59. The number of rotatable bonds is 0. The van der Waals surface area contributed by atoms with Crippen molar-refractivity contribution in [2.75, 3.05) is 0 Å². The molecule has 0 radical (unpaired) electrons. The van der Waals surface area contributed by atoms with Crippen LogP contribution in [0.15, 0.2) is 0 Å². The van der Waals surface area contributed by atoms with Crippen molar-refractivity contribution >= 4 is 21.7 Å². The summed E-state index contributed by atoms with van der Waals surface area (Å²) in [6, 6.07) is 0. The molecule has 0 aliphatic heterocycles. The molecule has 2 saturated carbocycles. The first kappa shape index (κ1) is 8.74. The zero-order valence-electron chi connectivity index (χ0n) is 7.26. The van der Waals surface area contributed by atoms with Crippen molar-refractivity contribution in [3.05, 3.63) is 0 Å². The molecule has 68 valence electrons. The fourth-order valence-corrected chi connectivity index (χ4v) is 3.31. The van der Waals surface area contributed by atoms with Crippen LogP contribution in [-0.4, -0.2) is 10.6 Å². The Hall–Kier alpha value is 0.150. The van der Waals surface area contributed by atoms with Gasteiger partial charge >= 0.3 is 0 Å². The summed E-state index contributed by atoms with van der Waals surface area (Å²) in [6.45, 7) is 0. The summed E-state index contributed by atoms with van der Waals surface area (Å²) < 4.78 is 0. The van der Waals surface area contributed by atoms with Gasteiger partial charge in [0.2, 0.25) is 0 Å². The summed E-state index contributed by atoms with van der Waals surface area (Å²) in [5, 5.41) is 0. The van der Waals surface area contributed by atoms with Gasteiger partial charge in [0.25, 0.3) is 0 Å². The third-order valence-corrected chi connectivity index (χ3v) is 4.27. The van der Waals surface area contributed by atoms with E-state index < -0.39 is 0 Å². The van der Waals surface area contributed by atoms with Crippen LogP contribution in [0.4, 0.5) is 0 Å². The fraction of sp³-hybridized carbons (Fsp3) is 0.900. The zero-order valence-corrected chi connectivity index (χ0v) is 8.85. The summed E-state index contributed by atoms with van der Waals surface area (Å²) in [4.78, 5) is 11.6. The van der Waals surface area contributed by atoms with Crippen molar-refractivity contribution in [1.82, 2.24) is 0 Å². The summed E-state index contributed by atoms with van der Waals surface area (Å²) >= 11 is 3.47. The van der Waals surface area contributed by atoms with Gasteiger partial charge in [-0.05, 0) is 24.7 Å². The van der Waals surface area contributed by atoms with Crippen molar-refractivity contribution < 1.29 is 4.79 Å². The number of hydrogen-bond acceptors (Lipinski definition) is 1. The van der Waals surface area contributed by atoms with Crippen LogP contribution in [-0.2, 0) is 4.79 Å². The standard InChI is InChI=1S/C10H15BrO/c11-9-5-7-3-1-2-4-8(7)6-10(9)12/h7-9H,1-6H2/t7-,8-,9+/m1/s1. The molecular weight excluding hydrogens is 216 g/mol. The highest BCUT2D eigenvalue weighted by Gasteiger charge is 2.35. The Bertz CT molecular complexity index is 190. The lowest BCUT2D eigenvalue weighted by Gasteiger charge is -2.36. The first-order valence-corrected chi connectivity index (χ1v) is 5.85. The summed E-state index contributed by atoms with van der Waals surface area (Å²) in [5.41, 5.74) is 0. The molecule has 2 aliphatic rings. The first-order chi connectivity index (χ1) is 5.77. The summed E-state index contributed by atoms with van der Waals surface area (Å²) in [5.74, 6) is 2.03. The van der Waals surface area contributed by atoms with Gasteiger partial charge in [-0.15, -0.1) is 0 Å². The number of Topliss-reactive ketones (excluding diaryl/α,β-unsaturated/α-hetero) is 1. The van der Waals surface area contributed by atoms with Gasteiger partial charge in [0.1, 0.15) is 5.78 Å². The lowest BCUT2D eigenvalue weighted by Crippen LogP contribution is -2.34. The van der Waals surface area contributed by atoms with E-state index in [9.17, 15) is 4.79 Å². The van der Waals surface area contributed by atoms with E-state index in [1.807, 2.05) is 0 Å². The van der Waals surface area contributed by atoms with Crippen LogP contribution >= 0.6 is 15.9 Å². The van der Waals surface area contributed by atoms with Gasteiger partial charge in [0.15, 0.2) is 0 Å².